The number of pyridine rings is 1. The quantitative estimate of drug-likeness (QED) is 0.675. The second-order valence-electron chi connectivity index (χ2n) is 7.62. The average Bonchev–Trinajstić information content (AvgIpc) is 2.75. The Bertz CT molecular complexity index is 1070. The van der Waals surface area contributed by atoms with Gasteiger partial charge in [-0.1, -0.05) is 24.3 Å². The Morgan fingerprint density at radius 1 is 0.966 bits per heavy atom. The number of hydrogen-bond acceptors (Lipinski definition) is 3. The highest BCUT2D eigenvalue weighted by atomic mass is 16.4. The lowest BCUT2D eigenvalue weighted by Crippen LogP contribution is -2.45. The number of carboxylic acid groups (broad SMARTS) is 1. The molecule has 6 heteroatoms. The molecule has 2 aromatic carbocycles. The van der Waals surface area contributed by atoms with Crippen molar-refractivity contribution in [3.63, 3.8) is 0 Å². The molecule has 6 nitrogen and oxygen atoms in total. The van der Waals surface area contributed by atoms with Gasteiger partial charge in [0.25, 0.3) is 0 Å². The number of likely N-dealkylation sites (tertiary alicyclic amines) is 1. The van der Waals surface area contributed by atoms with Gasteiger partial charge < -0.3 is 14.6 Å². The van der Waals surface area contributed by atoms with Crippen LogP contribution in [0.3, 0.4) is 0 Å². The highest BCUT2D eigenvalue weighted by Crippen LogP contribution is 2.24. The molecule has 150 valence electrons. The van der Waals surface area contributed by atoms with E-state index in [2.05, 4.69) is 0 Å². The lowest BCUT2D eigenvalue weighted by molar-refractivity contribution is -0.140. The van der Waals surface area contributed by atoms with Gasteiger partial charge in [-0.25, -0.2) is 0 Å². The van der Waals surface area contributed by atoms with E-state index in [1.807, 2.05) is 45.9 Å². The first kappa shape index (κ1) is 19.2. The molecule has 0 aliphatic carbocycles. The molecule has 1 aliphatic heterocycles. The minimum atomic E-state index is -0.833. The molecule has 1 N–H and O–H groups in total. The zero-order valence-corrected chi connectivity index (χ0v) is 16.2. The van der Waals surface area contributed by atoms with Crippen LogP contribution < -0.4 is 5.43 Å². The SMILES string of the molecule is O=C(O)CCC1CCCCN1C(=O)Cn1c2ccccc2c(=O)c2ccccc21. The molecular weight excluding hydrogens is 368 g/mol. The van der Waals surface area contributed by atoms with Crippen molar-refractivity contribution >= 4 is 33.7 Å². The fourth-order valence-electron chi connectivity index (χ4n) is 4.39. The van der Waals surface area contributed by atoms with E-state index in [4.69, 9.17) is 5.11 Å². The van der Waals surface area contributed by atoms with Gasteiger partial charge in [-0.15, -0.1) is 0 Å². The summed E-state index contributed by atoms with van der Waals surface area (Å²) in [5.41, 5.74) is 1.45. The molecule has 1 saturated heterocycles. The topological polar surface area (TPSA) is 79.6 Å². The number of aliphatic carboxylic acids is 1. The summed E-state index contributed by atoms with van der Waals surface area (Å²) in [6.07, 6.45) is 3.33. The van der Waals surface area contributed by atoms with Gasteiger partial charge in [0.2, 0.25) is 5.91 Å². The van der Waals surface area contributed by atoms with Crippen LogP contribution in [0.2, 0.25) is 0 Å². The summed E-state index contributed by atoms with van der Waals surface area (Å²) in [5, 5.41) is 10.2. The molecule has 1 aromatic heterocycles. The van der Waals surface area contributed by atoms with E-state index in [9.17, 15) is 14.4 Å². The van der Waals surface area contributed by atoms with Gasteiger partial charge in [0, 0.05) is 29.8 Å². The van der Waals surface area contributed by atoms with Crippen LogP contribution >= 0.6 is 0 Å². The summed E-state index contributed by atoms with van der Waals surface area (Å²) in [6, 6.07) is 14.7. The predicted octanol–water partition coefficient (Wildman–Crippen LogP) is 3.40. The van der Waals surface area contributed by atoms with Crippen LogP contribution in [-0.4, -0.2) is 39.0 Å². The number of amides is 1. The molecule has 1 amide bonds. The Morgan fingerprint density at radius 2 is 1.59 bits per heavy atom. The molecule has 1 fully saturated rings. The summed E-state index contributed by atoms with van der Waals surface area (Å²) in [6.45, 7) is 0.782. The van der Waals surface area contributed by atoms with Crippen molar-refractivity contribution in [1.29, 1.82) is 0 Å². The van der Waals surface area contributed by atoms with Crippen LogP contribution in [-0.2, 0) is 16.1 Å². The molecule has 0 spiro atoms. The van der Waals surface area contributed by atoms with Gasteiger partial charge in [0.05, 0.1) is 11.0 Å². The van der Waals surface area contributed by atoms with Gasteiger partial charge in [-0.3, -0.25) is 14.4 Å². The third-order valence-electron chi connectivity index (χ3n) is 5.81. The maximum Gasteiger partial charge on any atom is 0.303 e. The van der Waals surface area contributed by atoms with Crippen LogP contribution in [0.4, 0.5) is 0 Å². The molecule has 2 heterocycles. The van der Waals surface area contributed by atoms with Gasteiger partial charge in [-0.05, 0) is 49.9 Å². The normalized spacial score (nSPS) is 17.0. The molecule has 4 rings (SSSR count). The minimum Gasteiger partial charge on any atom is -0.481 e. The lowest BCUT2D eigenvalue weighted by atomic mass is 9.97. The van der Waals surface area contributed by atoms with E-state index in [1.165, 1.54) is 0 Å². The maximum atomic E-state index is 13.3. The number of nitrogens with zero attached hydrogens (tertiary/aromatic N) is 2. The van der Waals surface area contributed by atoms with E-state index in [-0.39, 0.29) is 30.3 Å². The second kappa shape index (κ2) is 8.07. The Kier molecular flexibility index (Phi) is 5.34. The highest BCUT2D eigenvalue weighted by molar-refractivity contribution is 5.94. The molecule has 1 aliphatic rings. The molecule has 0 radical (unpaired) electrons. The Morgan fingerprint density at radius 3 is 2.21 bits per heavy atom. The molecule has 1 unspecified atom stereocenters. The van der Waals surface area contributed by atoms with Crippen molar-refractivity contribution in [2.24, 2.45) is 0 Å². The number of aromatic nitrogens is 1. The third kappa shape index (κ3) is 3.75. The Hall–Kier alpha value is -3.15. The first-order chi connectivity index (χ1) is 14.1. The van der Waals surface area contributed by atoms with Crippen LogP contribution in [0.1, 0.15) is 32.1 Å². The van der Waals surface area contributed by atoms with Crippen molar-refractivity contribution in [1.82, 2.24) is 9.47 Å². The fraction of sp³-hybridized carbons (Fsp3) is 0.348. The Balaban J connectivity index is 1.73. The molecule has 0 bridgehead atoms. The average molecular weight is 392 g/mol. The monoisotopic (exact) mass is 392 g/mol. The molecule has 29 heavy (non-hydrogen) atoms. The van der Waals surface area contributed by atoms with Crippen molar-refractivity contribution in [2.75, 3.05) is 6.54 Å². The summed E-state index contributed by atoms with van der Waals surface area (Å²) in [4.78, 5) is 39.0. The van der Waals surface area contributed by atoms with E-state index in [0.29, 0.717) is 23.7 Å². The fourth-order valence-corrected chi connectivity index (χ4v) is 4.39. The van der Waals surface area contributed by atoms with Gasteiger partial charge >= 0.3 is 5.97 Å². The molecule has 3 aromatic rings. The van der Waals surface area contributed by atoms with E-state index < -0.39 is 5.97 Å². The molecular formula is C23H24N2O4. The number of rotatable bonds is 5. The van der Waals surface area contributed by atoms with Crippen LogP contribution in [0.25, 0.3) is 21.8 Å². The van der Waals surface area contributed by atoms with Crippen molar-refractivity contribution in [2.45, 2.75) is 44.7 Å². The number of carbonyl (C=O) groups excluding carboxylic acids is 1. The summed E-state index contributed by atoms with van der Waals surface area (Å²) in [7, 11) is 0. The standard InChI is InChI=1S/C23H24N2O4/c26-21(24-14-6-5-7-16(24)12-13-22(27)28)15-25-19-10-3-1-8-17(19)23(29)18-9-2-4-11-20(18)25/h1-4,8-11,16H,5-7,12-15H2,(H,27,28). The number of hydrogen-bond donors (Lipinski definition) is 1. The third-order valence-corrected chi connectivity index (χ3v) is 5.81. The number of fused-ring (bicyclic) bond motifs is 2. The number of para-hydroxylation sites is 2. The smallest absolute Gasteiger partial charge is 0.303 e. The molecule has 1 atom stereocenters. The van der Waals surface area contributed by atoms with E-state index >= 15 is 0 Å². The zero-order valence-electron chi connectivity index (χ0n) is 16.2. The number of piperidine rings is 1. The second-order valence-corrected chi connectivity index (χ2v) is 7.62. The van der Waals surface area contributed by atoms with Crippen LogP contribution in [0.5, 0.6) is 0 Å². The van der Waals surface area contributed by atoms with Crippen LogP contribution in [0, 0.1) is 0 Å². The van der Waals surface area contributed by atoms with Crippen molar-refractivity contribution in [3.8, 4) is 0 Å². The zero-order chi connectivity index (χ0) is 20.4. The first-order valence-corrected chi connectivity index (χ1v) is 10.1. The lowest BCUT2D eigenvalue weighted by Gasteiger charge is -2.36. The summed E-state index contributed by atoms with van der Waals surface area (Å²) < 4.78 is 1.91. The van der Waals surface area contributed by atoms with E-state index in [0.717, 1.165) is 30.3 Å². The Labute approximate surface area is 168 Å². The molecule has 0 saturated carbocycles. The largest absolute Gasteiger partial charge is 0.481 e. The summed E-state index contributed by atoms with van der Waals surface area (Å²) in [5.74, 6) is -0.862. The highest BCUT2D eigenvalue weighted by Gasteiger charge is 2.27. The van der Waals surface area contributed by atoms with E-state index in [1.54, 1.807) is 12.1 Å². The first-order valence-electron chi connectivity index (χ1n) is 10.1. The summed E-state index contributed by atoms with van der Waals surface area (Å²) >= 11 is 0. The predicted molar refractivity (Wildman–Crippen MR) is 112 cm³/mol. The van der Waals surface area contributed by atoms with Gasteiger partial charge in [0.15, 0.2) is 5.43 Å². The van der Waals surface area contributed by atoms with Crippen molar-refractivity contribution in [3.05, 3.63) is 58.8 Å². The van der Waals surface area contributed by atoms with Crippen LogP contribution in [0.15, 0.2) is 53.3 Å². The minimum absolute atomic E-state index is 0.0287. The van der Waals surface area contributed by atoms with Gasteiger partial charge in [-0.2, -0.15) is 0 Å². The van der Waals surface area contributed by atoms with Crippen molar-refractivity contribution < 1.29 is 14.7 Å². The number of benzene rings is 2. The van der Waals surface area contributed by atoms with Gasteiger partial charge in [0.1, 0.15) is 6.54 Å². The number of carbonyl (C=O) groups is 2. The maximum absolute atomic E-state index is 13.3. The number of carboxylic acids is 1.